The van der Waals surface area contributed by atoms with E-state index in [0.29, 0.717) is 35.2 Å². The van der Waals surface area contributed by atoms with Crippen LogP contribution in [0.1, 0.15) is 86.8 Å². The molecule has 5 aromatic rings. The van der Waals surface area contributed by atoms with E-state index in [4.69, 9.17) is 21.4 Å². The van der Waals surface area contributed by atoms with Gasteiger partial charge >= 0.3 is 5.69 Å². The van der Waals surface area contributed by atoms with Crippen molar-refractivity contribution in [1.82, 2.24) is 38.9 Å². The van der Waals surface area contributed by atoms with Crippen molar-refractivity contribution in [2.75, 3.05) is 50.1 Å². The van der Waals surface area contributed by atoms with Crippen molar-refractivity contribution in [3.05, 3.63) is 63.9 Å². The van der Waals surface area contributed by atoms with Crippen LogP contribution < -0.4 is 26.0 Å². The Labute approximate surface area is 341 Å². The lowest BCUT2D eigenvalue weighted by molar-refractivity contribution is -0.135. The number of amides is 3. The number of ether oxygens (including phenoxy) is 1. The summed E-state index contributed by atoms with van der Waals surface area (Å²) in [6.07, 6.45) is 13.4. The monoisotopic (exact) mass is 810 g/mol. The largest absolute Gasteiger partial charge is 0.494 e. The van der Waals surface area contributed by atoms with Crippen LogP contribution in [0.3, 0.4) is 0 Å². The van der Waals surface area contributed by atoms with Crippen LogP contribution in [0.15, 0.2) is 47.5 Å². The third-order valence-electron chi connectivity index (χ3n) is 13.5. The minimum absolute atomic E-state index is 0.160. The summed E-state index contributed by atoms with van der Waals surface area (Å²) in [5.74, 6) is 0.111. The highest BCUT2D eigenvalue weighted by Crippen LogP contribution is 2.44. The van der Waals surface area contributed by atoms with Crippen LogP contribution in [0, 0.1) is 11.3 Å². The lowest BCUT2D eigenvalue weighted by atomic mass is 9.71. The smallest absolute Gasteiger partial charge is 0.329 e. The zero-order valence-corrected chi connectivity index (χ0v) is 34.1. The number of benzene rings is 2. The van der Waals surface area contributed by atoms with E-state index in [1.807, 2.05) is 24.3 Å². The van der Waals surface area contributed by atoms with Crippen LogP contribution >= 0.6 is 11.6 Å². The fourth-order valence-corrected chi connectivity index (χ4v) is 10.4. The quantitative estimate of drug-likeness (QED) is 0.196. The number of hydrogen-bond acceptors (Lipinski definition) is 9. The van der Waals surface area contributed by atoms with Crippen molar-refractivity contribution in [2.45, 2.75) is 76.3 Å². The van der Waals surface area contributed by atoms with Crippen LogP contribution in [0.4, 0.5) is 11.4 Å². The first-order valence-corrected chi connectivity index (χ1v) is 21.0. The summed E-state index contributed by atoms with van der Waals surface area (Å²) in [4.78, 5) is 56.1. The molecule has 9 rings (SSSR count). The molecular formula is C42H51ClN10O5. The molecule has 58 heavy (non-hydrogen) atoms. The Morgan fingerprint density at radius 2 is 1.71 bits per heavy atom. The van der Waals surface area contributed by atoms with Crippen LogP contribution in [0.2, 0.25) is 5.02 Å². The SMILES string of the molecule is COc1cc2nn(C3CCC(CN4CCC5(CC4)CCN(c4cccc6c4n(C)c(=O)n6C4CCC(=O)NC4=O)CC5)CC3)cc2cc1NC(=O)c1nn(C)cc1Cl. The van der Waals surface area contributed by atoms with Crippen LogP contribution in [-0.2, 0) is 23.7 Å². The van der Waals surface area contributed by atoms with Gasteiger partial charge in [0.15, 0.2) is 5.69 Å². The van der Waals surface area contributed by atoms with E-state index in [1.54, 1.807) is 36.5 Å². The minimum Gasteiger partial charge on any atom is -0.494 e. The van der Waals surface area contributed by atoms with Gasteiger partial charge in [-0.25, -0.2) is 4.79 Å². The zero-order chi connectivity index (χ0) is 40.3. The number of anilines is 2. The Hall–Kier alpha value is -5.15. The molecule has 4 fully saturated rings. The Bertz CT molecular complexity index is 2460. The van der Waals surface area contributed by atoms with Gasteiger partial charge in [0.1, 0.15) is 11.8 Å². The Balaban J connectivity index is 0.778. The summed E-state index contributed by atoms with van der Waals surface area (Å²) < 4.78 is 12.5. The highest BCUT2D eigenvalue weighted by molar-refractivity contribution is 6.34. The lowest BCUT2D eigenvalue weighted by Gasteiger charge is -2.48. The third-order valence-corrected chi connectivity index (χ3v) is 13.8. The van der Waals surface area contributed by atoms with E-state index in [-0.39, 0.29) is 28.7 Å². The average molecular weight is 811 g/mol. The molecule has 0 bridgehead atoms. The molecule has 1 saturated carbocycles. The summed E-state index contributed by atoms with van der Waals surface area (Å²) in [7, 11) is 5.08. The van der Waals surface area contributed by atoms with Crippen molar-refractivity contribution in [1.29, 1.82) is 0 Å². The predicted molar refractivity (Wildman–Crippen MR) is 222 cm³/mol. The molecule has 1 spiro atoms. The molecule has 3 aliphatic heterocycles. The highest BCUT2D eigenvalue weighted by atomic mass is 35.5. The maximum Gasteiger partial charge on any atom is 0.329 e. The molecule has 1 aliphatic carbocycles. The lowest BCUT2D eigenvalue weighted by Crippen LogP contribution is -2.48. The Morgan fingerprint density at radius 1 is 0.966 bits per heavy atom. The molecule has 2 N–H and O–H groups in total. The van der Waals surface area contributed by atoms with Crippen LogP contribution in [0.5, 0.6) is 5.75 Å². The van der Waals surface area contributed by atoms with Crippen molar-refractivity contribution < 1.29 is 19.1 Å². The molecule has 1 atom stereocenters. The van der Waals surface area contributed by atoms with Gasteiger partial charge in [-0.05, 0) is 100 Å². The molecule has 1 unspecified atom stereocenters. The number of hydrogen-bond donors (Lipinski definition) is 2. The Morgan fingerprint density at radius 3 is 2.40 bits per heavy atom. The molecule has 3 aromatic heterocycles. The maximum absolute atomic E-state index is 13.5. The summed E-state index contributed by atoms with van der Waals surface area (Å²) in [5, 5.41) is 15.7. The molecule has 3 amide bonds. The maximum atomic E-state index is 13.5. The second kappa shape index (κ2) is 15.2. The number of nitrogens with zero attached hydrogens (tertiary/aromatic N) is 8. The molecule has 4 aliphatic rings. The van der Waals surface area contributed by atoms with Crippen LogP contribution in [0.25, 0.3) is 21.9 Å². The van der Waals surface area contributed by atoms with Crippen molar-refractivity contribution in [2.24, 2.45) is 25.4 Å². The predicted octanol–water partition coefficient (Wildman–Crippen LogP) is 5.43. The van der Waals surface area contributed by atoms with E-state index in [9.17, 15) is 19.2 Å². The molecule has 2 aromatic carbocycles. The molecule has 306 valence electrons. The second-order valence-corrected chi connectivity index (χ2v) is 17.4. The number of halogens is 1. The first-order chi connectivity index (χ1) is 28.0. The number of imide groups is 1. The molecular weight excluding hydrogens is 760 g/mol. The highest BCUT2D eigenvalue weighted by Gasteiger charge is 2.39. The molecule has 3 saturated heterocycles. The van der Waals surface area contributed by atoms with Crippen molar-refractivity contribution >= 4 is 62.6 Å². The normalized spacial score (nSPS) is 22.8. The van der Waals surface area contributed by atoms with E-state index in [2.05, 4.69) is 42.5 Å². The van der Waals surface area contributed by atoms with Gasteiger partial charge in [-0.1, -0.05) is 17.7 Å². The van der Waals surface area contributed by atoms with Gasteiger partial charge in [0, 0.05) is 64.0 Å². The van der Waals surface area contributed by atoms with Crippen molar-refractivity contribution in [3.63, 3.8) is 0 Å². The number of aromatic nitrogens is 6. The number of fused-ring (bicyclic) bond motifs is 2. The van der Waals surface area contributed by atoms with E-state index in [1.165, 1.54) is 30.4 Å². The number of para-hydroxylation sites is 1. The number of carbonyl (C=O) groups is 3. The average Bonchev–Trinajstić information content (AvgIpc) is 3.87. The van der Waals surface area contributed by atoms with Gasteiger partial charge in [-0.2, -0.15) is 10.2 Å². The number of rotatable bonds is 8. The number of likely N-dealkylation sites (tertiary alicyclic amines) is 1. The van der Waals surface area contributed by atoms with Crippen LogP contribution in [-0.4, -0.2) is 91.2 Å². The van der Waals surface area contributed by atoms with Gasteiger partial charge in [0.2, 0.25) is 11.8 Å². The third kappa shape index (κ3) is 7.05. The van der Waals surface area contributed by atoms with E-state index >= 15 is 0 Å². The Kier molecular flexibility index (Phi) is 10.1. The van der Waals surface area contributed by atoms with Gasteiger partial charge in [0.05, 0.1) is 46.1 Å². The number of nitrogens with one attached hydrogen (secondary N) is 2. The first kappa shape index (κ1) is 38.4. The molecule has 0 radical (unpaired) electrons. The number of aryl methyl sites for hydroxylation is 2. The van der Waals surface area contributed by atoms with Crippen molar-refractivity contribution in [3.8, 4) is 5.75 Å². The second-order valence-electron chi connectivity index (χ2n) is 17.0. The minimum atomic E-state index is -0.687. The topological polar surface area (TPSA) is 154 Å². The van der Waals surface area contributed by atoms with Gasteiger partial charge in [-0.15, -0.1) is 0 Å². The van der Waals surface area contributed by atoms with Gasteiger partial charge < -0.3 is 19.9 Å². The number of carbonyl (C=O) groups excluding carboxylic acids is 3. The van der Waals surface area contributed by atoms with E-state index in [0.717, 1.165) is 86.0 Å². The standard InChI is InChI=1S/C42H51ClN10O5/c1-48-25-29(43)37(47-48)40(56)44-31-21-27-24-52(46-30(27)22-35(31)58-3)28-9-7-26(8-10-28)23-50-17-13-42(14-18-50)15-19-51(20-16-42)32-5-4-6-33-38(32)49(2)41(57)53(33)34-11-12-36(54)45-39(34)55/h4-6,21-22,24-26,28,34H,7-20,23H2,1-3H3,(H,44,56)(H,45,54,55). The van der Waals surface area contributed by atoms with E-state index < -0.39 is 17.9 Å². The number of methoxy groups -OCH3 is 1. The zero-order valence-electron chi connectivity index (χ0n) is 33.4. The first-order valence-electron chi connectivity index (χ1n) is 20.6. The number of imidazole rings is 1. The fraction of sp³-hybridized carbons (Fsp3) is 0.524. The fourth-order valence-electron chi connectivity index (χ4n) is 10.1. The summed E-state index contributed by atoms with van der Waals surface area (Å²) in [6.45, 7) is 5.29. The molecule has 16 heteroatoms. The summed E-state index contributed by atoms with van der Waals surface area (Å²) >= 11 is 6.21. The number of piperidine rings is 3. The molecule has 6 heterocycles. The summed E-state index contributed by atoms with van der Waals surface area (Å²) in [5.41, 5.74) is 4.28. The molecule has 15 nitrogen and oxygen atoms in total. The summed E-state index contributed by atoms with van der Waals surface area (Å²) in [6, 6.07) is 9.40. The van der Waals surface area contributed by atoms with Gasteiger partial charge in [0.25, 0.3) is 5.91 Å². The van der Waals surface area contributed by atoms with Gasteiger partial charge in [-0.3, -0.25) is 38.2 Å².